The van der Waals surface area contributed by atoms with Crippen LogP contribution in [0.25, 0.3) is 0 Å². The molecule has 4 nitrogen and oxygen atoms in total. The molecule has 0 fully saturated rings. The molecule has 0 saturated carbocycles. The third-order valence-corrected chi connectivity index (χ3v) is 4.29. The fourth-order valence-corrected chi connectivity index (χ4v) is 2.72. The number of halogens is 4. The van der Waals surface area contributed by atoms with Gasteiger partial charge in [0.05, 0.1) is 35.2 Å². The topological polar surface area (TPSA) is 55.4 Å². The molecule has 1 N–H and O–H groups in total. The number of methoxy groups -OCH3 is 1. The Bertz CT molecular complexity index is 796. The lowest BCUT2D eigenvalue weighted by Gasteiger charge is -2.19. The second-order valence-electron chi connectivity index (χ2n) is 5.10. The molecule has 132 valence electrons. The lowest BCUT2D eigenvalue weighted by molar-refractivity contribution is -0.141. The van der Waals surface area contributed by atoms with Gasteiger partial charge in [0.1, 0.15) is 5.82 Å². The van der Waals surface area contributed by atoms with E-state index in [0.717, 1.165) is 12.1 Å². The summed E-state index contributed by atoms with van der Waals surface area (Å²) >= 11 is 17.4. The van der Waals surface area contributed by atoms with Crippen LogP contribution in [0.5, 0.6) is 0 Å². The molecule has 0 heterocycles. The number of hydrogen-bond donors (Lipinski definition) is 1. The third-order valence-electron chi connectivity index (χ3n) is 3.43. The van der Waals surface area contributed by atoms with Crippen LogP contribution in [0.4, 0.5) is 4.39 Å². The number of hydrogen-bond acceptors (Lipinski definition) is 3. The van der Waals surface area contributed by atoms with Crippen molar-refractivity contribution in [2.24, 2.45) is 0 Å². The number of carbonyl (C=O) groups excluding carboxylic acids is 2. The minimum atomic E-state index is -0.771. The van der Waals surface area contributed by atoms with Crippen molar-refractivity contribution in [1.29, 1.82) is 0 Å². The molecule has 1 amide bonds. The van der Waals surface area contributed by atoms with Crippen molar-refractivity contribution in [1.82, 2.24) is 5.32 Å². The average molecular weight is 405 g/mol. The van der Waals surface area contributed by atoms with Crippen LogP contribution < -0.4 is 5.32 Å². The minimum Gasteiger partial charge on any atom is -0.469 e. The van der Waals surface area contributed by atoms with Crippen molar-refractivity contribution < 1.29 is 18.7 Å². The summed E-state index contributed by atoms with van der Waals surface area (Å²) in [5.74, 6) is -1.94. The van der Waals surface area contributed by atoms with Crippen LogP contribution in [0.15, 0.2) is 36.4 Å². The normalized spacial score (nSPS) is 11.7. The van der Waals surface area contributed by atoms with E-state index in [0.29, 0.717) is 10.6 Å². The summed E-state index contributed by atoms with van der Waals surface area (Å²) in [4.78, 5) is 24.1. The standard InChI is InChI=1S/C17H13Cl3FNO3/c1-25-16(23)8-15(9-2-4-10(18)5-3-9)22-17(24)11-6-14(21)13(20)7-12(11)19/h2-7,15H,8H2,1H3,(H,22,24). The monoisotopic (exact) mass is 403 g/mol. The molecule has 0 spiro atoms. The highest BCUT2D eigenvalue weighted by molar-refractivity contribution is 6.36. The molecule has 2 aromatic carbocycles. The summed E-state index contributed by atoms with van der Waals surface area (Å²) in [6.45, 7) is 0. The Morgan fingerprint density at radius 2 is 1.76 bits per heavy atom. The first-order valence-electron chi connectivity index (χ1n) is 7.09. The van der Waals surface area contributed by atoms with E-state index >= 15 is 0 Å². The molecule has 8 heteroatoms. The Morgan fingerprint density at radius 3 is 2.36 bits per heavy atom. The lowest BCUT2D eigenvalue weighted by Crippen LogP contribution is -2.30. The van der Waals surface area contributed by atoms with Crippen LogP contribution in [-0.2, 0) is 9.53 Å². The first-order valence-corrected chi connectivity index (χ1v) is 8.23. The van der Waals surface area contributed by atoms with Crippen molar-refractivity contribution in [3.05, 3.63) is 68.4 Å². The van der Waals surface area contributed by atoms with Crippen molar-refractivity contribution in [3.8, 4) is 0 Å². The second kappa shape index (κ2) is 8.52. The van der Waals surface area contributed by atoms with Gasteiger partial charge in [0.25, 0.3) is 5.91 Å². The molecule has 1 atom stereocenters. The molecule has 0 bridgehead atoms. The second-order valence-corrected chi connectivity index (χ2v) is 6.35. The van der Waals surface area contributed by atoms with Gasteiger partial charge in [0.2, 0.25) is 0 Å². The Kier molecular flexibility index (Phi) is 6.64. The zero-order valence-corrected chi connectivity index (χ0v) is 15.3. The van der Waals surface area contributed by atoms with Gasteiger partial charge in [0, 0.05) is 5.02 Å². The molecule has 0 aliphatic heterocycles. The average Bonchev–Trinajstić information content (AvgIpc) is 2.58. The van der Waals surface area contributed by atoms with Crippen LogP contribution in [0.3, 0.4) is 0 Å². The highest BCUT2D eigenvalue weighted by Gasteiger charge is 2.22. The number of benzene rings is 2. The molecule has 1 unspecified atom stereocenters. The third kappa shape index (κ3) is 5.08. The van der Waals surface area contributed by atoms with Gasteiger partial charge in [-0.25, -0.2) is 4.39 Å². The Hall–Kier alpha value is -1.82. The van der Waals surface area contributed by atoms with Crippen molar-refractivity contribution >= 4 is 46.7 Å². The maximum atomic E-state index is 13.6. The molecule has 2 aromatic rings. The van der Waals surface area contributed by atoms with Gasteiger partial charge in [-0.2, -0.15) is 0 Å². The maximum Gasteiger partial charge on any atom is 0.307 e. The van der Waals surface area contributed by atoms with Crippen LogP contribution in [0, 0.1) is 5.82 Å². The van der Waals surface area contributed by atoms with Crippen LogP contribution in [-0.4, -0.2) is 19.0 Å². The van der Waals surface area contributed by atoms with E-state index < -0.39 is 23.7 Å². The lowest BCUT2D eigenvalue weighted by atomic mass is 10.0. The zero-order valence-electron chi connectivity index (χ0n) is 13.0. The summed E-state index contributed by atoms with van der Waals surface area (Å²) in [5.41, 5.74) is 0.543. The molecule has 0 aliphatic carbocycles. The quantitative estimate of drug-likeness (QED) is 0.574. The first kappa shape index (κ1) is 19.5. The van der Waals surface area contributed by atoms with Crippen LogP contribution in [0.2, 0.25) is 15.1 Å². The smallest absolute Gasteiger partial charge is 0.307 e. The van der Waals surface area contributed by atoms with Gasteiger partial charge in [-0.05, 0) is 29.8 Å². The van der Waals surface area contributed by atoms with Gasteiger partial charge >= 0.3 is 5.97 Å². The molecule has 2 rings (SSSR count). The van der Waals surface area contributed by atoms with E-state index in [1.807, 2.05) is 0 Å². The van der Waals surface area contributed by atoms with Crippen molar-refractivity contribution in [3.63, 3.8) is 0 Å². The largest absolute Gasteiger partial charge is 0.469 e. The predicted molar refractivity (Wildman–Crippen MR) is 94.7 cm³/mol. The maximum absolute atomic E-state index is 13.6. The fourth-order valence-electron chi connectivity index (χ4n) is 2.13. The molecule has 0 aromatic heterocycles. The van der Waals surface area contributed by atoms with Gasteiger partial charge < -0.3 is 10.1 Å². The SMILES string of the molecule is COC(=O)CC(NC(=O)c1cc(F)c(Cl)cc1Cl)c1ccc(Cl)cc1. The molecular weight excluding hydrogens is 392 g/mol. The molecular formula is C17H13Cl3FNO3. The molecule has 0 saturated heterocycles. The van der Waals surface area contributed by atoms with E-state index in [4.69, 9.17) is 34.8 Å². The highest BCUT2D eigenvalue weighted by Crippen LogP contribution is 2.26. The van der Waals surface area contributed by atoms with Gasteiger partial charge in [-0.3, -0.25) is 9.59 Å². The van der Waals surface area contributed by atoms with E-state index in [1.54, 1.807) is 24.3 Å². The minimum absolute atomic E-state index is 0.00294. The summed E-state index contributed by atoms with van der Waals surface area (Å²) in [7, 11) is 1.24. The summed E-state index contributed by atoms with van der Waals surface area (Å²) < 4.78 is 18.3. The zero-order chi connectivity index (χ0) is 18.6. The van der Waals surface area contributed by atoms with E-state index in [1.165, 1.54) is 7.11 Å². The highest BCUT2D eigenvalue weighted by atomic mass is 35.5. The van der Waals surface area contributed by atoms with E-state index in [2.05, 4.69) is 10.1 Å². The Labute approximate surface area is 158 Å². The van der Waals surface area contributed by atoms with E-state index in [-0.39, 0.29) is 22.0 Å². The fraction of sp³-hybridized carbons (Fsp3) is 0.176. The van der Waals surface area contributed by atoms with Gasteiger partial charge in [-0.15, -0.1) is 0 Å². The summed E-state index contributed by atoms with van der Waals surface area (Å²) in [6.07, 6.45) is -0.114. The number of carbonyl (C=O) groups is 2. The number of nitrogens with one attached hydrogen (secondary N) is 1. The van der Waals surface area contributed by atoms with Gasteiger partial charge in [0.15, 0.2) is 0 Å². The van der Waals surface area contributed by atoms with Gasteiger partial charge in [-0.1, -0.05) is 46.9 Å². The molecule has 0 radical (unpaired) electrons. The van der Waals surface area contributed by atoms with Crippen molar-refractivity contribution in [2.45, 2.75) is 12.5 Å². The Balaban J connectivity index is 2.29. The number of rotatable bonds is 5. The summed E-state index contributed by atoms with van der Waals surface area (Å²) in [6, 6.07) is 7.97. The molecule has 0 aliphatic rings. The number of esters is 1. The van der Waals surface area contributed by atoms with Crippen LogP contribution >= 0.6 is 34.8 Å². The number of ether oxygens (including phenoxy) is 1. The van der Waals surface area contributed by atoms with Crippen LogP contribution in [0.1, 0.15) is 28.4 Å². The Morgan fingerprint density at radius 1 is 1.12 bits per heavy atom. The number of amides is 1. The molecule has 25 heavy (non-hydrogen) atoms. The van der Waals surface area contributed by atoms with Crippen molar-refractivity contribution in [2.75, 3.05) is 7.11 Å². The first-order chi connectivity index (χ1) is 11.8. The predicted octanol–water partition coefficient (Wildman–Crippen LogP) is 4.82. The summed E-state index contributed by atoms with van der Waals surface area (Å²) in [5, 5.41) is 2.96. The van der Waals surface area contributed by atoms with E-state index in [9.17, 15) is 14.0 Å².